The molecule has 0 aliphatic heterocycles. The first-order valence-electron chi connectivity index (χ1n) is 5.97. The van der Waals surface area contributed by atoms with E-state index in [0.29, 0.717) is 28.9 Å². The second-order valence-electron chi connectivity index (χ2n) is 4.23. The second kappa shape index (κ2) is 5.90. The summed E-state index contributed by atoms with van der Waals surface area (Å²) >= 11 is 19.6. The summed E-state index contributed by atoms with van der Waals surface area (Å²) < 4.78 is 2.10. The maximum absolute atomic E-state index is 6.12. The molecule has 0 saturated carbocycles. The Labute approximate surface area is 135 Å². The van der Waals surface area contributed by atoms with Crippen LogP contribution in [0.1, 0.15) is 10.8 Å². The van der Waals surface area contributed by atoms with E-state index in [-0.39, 0.29) is 0 Å². The van der Waals surface area contributed by atoms with Gasteiger partial charge in [-0.3, -0.25) is 0 Å². The molecule has 3 rings (SSSR count). The molecule has 0 unspecified atom stereocenters. The Morgan fingerprint density at radius 2 is 2.00 bits per heavy atom. The maximum atomic E-state index is 6.12. The van der Waals surface area contributed by atoms with Gasteiger partial charge in [-0.15, -0.1) is 22.9 Å². The van der Waals surface area contributed by atoms with Gasteiger partial charge >= 0.3 is 0 Å². The molecule has 104 valence electrons. The van der Waals surface area contributed by atoms with Crippen LogP contribution in [0.5, 0.6) is 0 Å². The van der Waals surface area contributed by atoms with Gasteiger partial charge in [-0.2, -0.15) is 0 Å². The fourth-order valence-electron chi connectivity index (χ4n) is 2.09. The number of benzene rings is 1. The summed E-state index contributed by atoms with van der Waals surface area (Å²) in [4.78, 5) is 8.91. The summed E-state index contributed by atoms with van der Waals surface area (Å²) in [6.07, 6.45) is 2.49. The average molecular weight is 347 g/mol. The van der Waals surface area contributed by atoms with Crippen LogP contribution in [0.4, 0.5) is 0 Å². The average Bonchev–Trinajstić information content (AvgIpc) is 3.02. The van der Waals surface area contributed by atoms with Crippen molar-refractivity contribution in [3.8, 4) is 0 Å². The Balaban J connectivity index is 2.15. The summed E-state index contributed by atoms with van der Waals surface area (Å²) in [5.41, 5.74) is 1.78. The van der Waals surface area contributed by atoms with E-state index in [9.17, 15) is 0 Å². The van der Waals surface area contributed by atoms with Crippen LogP contribution >= 0.6 is 46.1 Å². The van der Waals surface area contributed by atoms with Crippen molar-refractivity contribution in [2.75, 3.05) is 5.88 Å². The number of alkyl halides is 1. The predicted molar refractivity (Wildman–Crippen MR) is 85.4 cm³/mol. The van der Waals surface area contributed by atoms with Gasteiger partial charge in [0.15, 0.2) is 0 Å². The van der Waals surface area contributed by atoms with Crippen LogP contribution in [0, 0.1) is 0 Å². The van der Waals surface area contributed by atoms with E-state index in [4.69, 9.17) is 34.8 Å². The van der Waals surface area contributed by atoms with Gasteiger partial charge in [0.1, 0.15) is 10.8 Å². The highest BCUT2D eigenvalue weighted by Crippen LogP contribution is 2.29. The van der Waals surface area contributed by atoms with Gasteiger partial charge in [0.25, 0.3) is 0 Å². The molecule has 0 spiro atoms. The summed E-state index contributed by atoms with van der Waals surface area (Å²) in [5.74, 6) is 1.44. The molecule has 0 saturated heterocycles. The Bertz CT molecular complexity index is 737. The Morgan fingerprint density at radius 1 is 1.20 bits per heavy atom. The lowest BCUT2D eigenvalue weighted by molar-refractivity contribution is 0.750. The third-order valence-corrected chi connectivity index (χ3v) is 4.64. The summed E-state index contributed by atoms with van der Waals surface area (Å²) in [6, 6.07) is 3.63. The first kappa shape index (κ1) is 14.1. The number of rotatable bonds is 4. The van der Waals surface area contributed by atoms with E-state index >= 15 is 0 Å². The zero-order chi connectivity index (χ0) is 14.1. The molecule has 20 heavy (non-hydrogen) atoms. The molecule has 0 atom stereocenters. The molecule has 2 aromatic heterocycles. The van der Waals surface area contributed by atoms with Crippen molar-refractivity contribution in [2.24, 2.45) is 0 Å². The van der Waals surface area contributed by atoms with Crippen LogP contribution in [0.25, 0.3) is 11.0 Å². The van der Waals surface area contributed by atoms with Crippen molar-refractivity contribution < 1.29 is 0 Å². The molecular weight excluding hydrogens is 337 g/mol. The minimum Gasteiger partial charge on any atom is -0.321 e. The van der Waals surface area contributed by atoms with Crippen LogP contribution in [-0.2, 0) is 13.0 Å². The highest BCUT2D eigenvalue weighted by Gasteiger charge is 2.14. The summed E-state index contributed by atoms with van der Waals surface area (Å²) in [6.45, 7) is 0.665. The van der Waals surface area contributed by atoms with Crippen molar-refractivity contribution >= 4 is 57.2 Å². The Morgan fingerprint density at radius 3 is 2.70 bits per heavy atom. The van der Waals surface area contributed by atoms with Crippen LogP contribution in [0.2, 0.25) is 10.0 Å². The maximum Gasteiger partial charge on any atom is 0.112 e. The Hall–Kier alpha value is -0.810. The number of halogens is 3. The van der Waals surface area contributed by atoms with E-state index in [1.165, 1.54) is 0 Å². The molecule has 3 nitrogen and oxygen atoms in total. The number of nitrogens with zero attached hydrogens (tertiary/aromatic N) is 3. The van der Waals surface area contributed by atoms with Gasteiger partial charge in [-0.05, 0) is 12.1 Å². The van der Waals surface area contributed by atoms with E-state index in [1.807, 2.05) is 11.4 Å². The molecule has 0 radical (unpaired) electrons. The van der Waals surface area contributed by atoms with Gasteiger partial charge in [0, 0.05) is 23.9 Å². The van der Waals surface area contributed by atoms with Crippen molar-refractivity contribution in [3.05, 3.63) is 44.6 Å². The SMILES string of the molecule is ClCCc1nc2cc(Cl)c(Cl)cc2n1Cc1nccs1. The smallest absolute Gasteiger partial charge is 0.112 e. The molecular formula is C13H10Cl3N3S. The van der Waals surface area contributed by atoms with Gasteiger partial charge in [-0.25, -0.2) is 9.97 Å². The number of imidazole rings is 1. The van der Waals surface area contributed by atoms with Crippen molar-refractivity contribution in [2.45, 2.75) is 13.0 Å². The minimum absolute atomic E-state index is 0.510. The van der Waals surface area contributed by atoms with Gasteiger partial charge in [0.05, 0.1) is 27.6 Å². The zero-order valence-electron chi connectivity index (χ0n) is 10.3. The summed E-state index contributed by atoms with van der Waals surface area (Å²) in [5, 5.41) is 4.01. The van der Waals surface area contributed by atoms with E-state index in [0.717, 1.165) is 21.9 Å². The highest BCUT2D eigenvalue weighted by atomic mass is 35.5. The molecule has 0 aliphatic carbocycles. The quantitative estimate of drug-likeness (QED) is 0.645. The Kier molecular flexibility index (Phi) is 4.17. The number of thiazole rings is 1. The van der Waals surface area contributed by atoms with Crippen LogP contribution in [0.3, 0.4) is 0 Å². The minimum atomic E-state index is 0.510. The van der Waals surface area contributed by atoms with E-state index < -0.39 is 0 Å². The van der Waals surface area contributed by atoms with Crippen molar-refractivity contribution in [1.82, 2.24) is 14.5 Å². The monoisotopic (exact) mass is 345 g/mol. The molecule has 1 aromatic carbocycles. The number of hydrogen-bond acceptors (Lipinski definition) is 3. The first-order valence-corrected chi connectivity index (χ1v) is 8.14. The van der Waals surface area contributed by atoms with E-state index in [2.05, 4.69) is 14.5 Å². The zero-order valence-corrected chi connectivity index (χ0v) is 13.4. The van der Waals surface area contributed by atoms with Gasteiger partial charge in [0.2, 0.25) is 0 Å². The molecule has 0 aliphatic rings. The number of aromatic nitrogens is 3. The van der Waals surface area contributed by atoms with Crippen molar-refractivity contribution in [1.29, 1.82) is 0 Å². The normalized spacial score (nSPS) is 11.3. The highest BCUT2D eigenvalue weighted by molar-refractivity contribution is 7.09. The molecule has 0 amide bonds. The number of aryl methyl sites for hydroxylation is 1. The van der Waals surface area contributed by atoms with Gasteiger partial charge < -0.3 is 4.57 Å². The van der Waals surface area contributed by atoms with E-state index in [1.54, 1.807) is 23.6 Å². The van der Waals surface area contributed by atoms with Crippen molar-refractivity contribution in [3.63, 3.8) is 0 Å². The van der Waals surface area contributed by atoms with Gasteiger partial charge in [-0.1, -0.05) is 23.2 Å². The first-order chi connectivity index (χ1) is 9.69. The standard InChI is InChI=1S/C13H10Cl3N3S/c14-2-1-12-18-10-5-8(15)9(16)6-11(10)19(12)7-13-17-3-4-20-13/h3-6H,1-2,7H2. The lowest BCUT2D eigenvalue weighted by atomic mass is 10.3. The third kappa shape index (κ3) is 2.66. The molecule has 0 N–H and O–H groups in total. The molecule has 0 bridgehead atoms. The summed E-state index contributed by atoms with van der Waals surface area (Å²) in [7, 11) is 0. The number of hydrogen-bond donors (Lipinski definition) is 0. The number of fused-ring (bicyclic) bond motifs is 1. The molecule has 3 aromatic rings. The molecule has 7 heteroatoms. The molecule has 2 heterocycles. The third-order valence-electron chi connectivity index (χ3n) is 2.96. The molecule has 0 fully saturated rings. The van der Waals surface area contributed by atoms with Crippen LogP contribution < -0.4 is 0 Å². The fourth-order valence-corrected chi connectivity index (χ4v) is 3.18. The lowest BCUT2D eigenvalue weighted by Crippen LogP contribution is -2.05. The predicted octanol–water partition coefficient (Wildman–Crippen LogP) is 4.63. The second-order valence-corrected chi connectivity index (χ2v) is 6.41. The van der Waals surface area contributed by atoms with Crippen LogP contribution in [0.15, 0.2) is 23.7 Å². The fraction of sp³-hybridized carbons (Fsp3) is 0.231. The lowest BCUT2D eigenvalue weighted by Gasteiger charge is -2.06. The largest absolute Gasteiger partial charge is 0.321 e. The van der Waals surface area contributed by atoms with Crippen LogP contribution in [-0.4, -0.2) is 20.4 Å². The topological polar surface area (TPSA) is 30.7 Å².